The molecule has 0 saturated carbocycles. The predicted octanol–water partition coefficient (Wildman–Crippen LogP) is 5.67. The van der Waals surface area contributed by atoms with Crippen LogP contribution in [0.3, 0.4) is 0 Å². The second-order valence-corrected chi connectivity index (χ2v) is 6.51. The SMILES string of the molecule is CCCCOc1c(-c2ccncc2)cccc1C1OC(c2ccccc2)O1. The molecule has 1 aliphatic heterocycles. The fourth-order valence-corrected chi connectivity index (χ4v) is 3.13. The van der Waals surface area contributed by atoms with Crippen molar-refractivity contribution >= 4 is 0 Å². The van der Waals surface area contributed by atoms with Crippen molar-refractivity contribution in [2.75, 3.05) is 6.61 Å². The molecule has 27 heavy (non-hydrogen) atoms. The van der Waals surface area contributed by atoms with E-state index in [-0.39, 0.29) is 6.29 Å². The van der Waals surface area contributed by atoms with Crippen LogP contribution in [-0.2, 0) is 9.47 Å². The van der Waals surface area contributed by atoms with Gasteiger partial charge in [0.15, 0.2) is 12.6 Å². The first kappa shape index (κ1) is 17.7. The smallest absolute Gasteiger partial charge is 0.194 e. The van der Waals surface area contributed by atoms with E-state index in [0.717, 1.165) is 40.8 Å². The lowest BCUT2D eigenvalue weighted by Crippen LogP contribution is -2.27. The van der Waals surface area contributed by atoms with Crippen molar-refractivity contribution in [1.82, 2.24) is 4.98 Å². The molecule has 0 aliphatic carbocycles. The highest BCUT2D eigenvalue weighted by molar-refractivity contribution is 5.72. The van der Waals surface area contributed by atoms with Crippen LogP contribution in [0.25, 0.3) is 11.1 Å². The van der Waals surface area contributed by atoms with E-state index in [1.807, 2.05) is 54.6 Å². The molecule has 0 amide bonds. The molecule has 2 heterocycles. The van der Waals surface area contributed by atoms with Crippen molar-refractivity contribution in [3.63, 3.8) is 0 Å². The third kappa shape index (κ3) is 3.87. The van der Waals surface area contributed by atoms with E-state index in [1.54, 1.807) is 12.4 Å². The molecule has 0 spiro atoms. The molecule has 4 heteroatoms. The predicted molar refractivity (Wildman–Crippen MR) is 104 cm³/mol. The maximum absolute atomic E-state index is 6.18. The van der Waals surface area contributed by atoms with E-state index in [1.165, 1.54) is 0 Å². The summed E-state index contributed by atoms with van der Waals surface area (Å²) in [6, 6.07) is 20.0. The molecule has 0 bridgehead atoms. The van der Waals surface area contributed by atoms with Crippen molar-refractivity contribution in [2.24, 2.45) is 0 Å². The number of aromatic nitrogens is 1. The van der Waals surface area contributed by atoms with Gasteiger partial charge in [-0.25, -0.2) is 0 Å². The molecule has 1 aromatic heterocycles. The van der Waals surface area contributed by atoms with Crippen LogP contribution in [0.15, 0.2) is 73.1 Å². The molecule has 4 rings (SSSR count). The number of hydrogen-bond acceptors (Lipinski definition) is 4. The van der Waals surface area contributed by atoms with E-state index < -0.39 is 6.29 Å². The van der Waals surface area contributed by atoms with Gasteiger partial charge in [0.1, 0.15) is 5.75 Å². The molecular weight excluding hydrogens is 338 g/mol. The summed E-state index contributed by atoms with van der Waals surface area (Å²) in [5.41, 5.74) is 4.04. The summed E-state index contributed by atoms with van der Waals surface area (Å²) in [4.78, 5) is 4.11. The van der Waals surface area contributed by atoms with Crippen LogP contribution in [0.1, 0.15) is 43.5 Å². The highest BCUT2D eigenvalue weighted by atomic mass is 16.9. The van der Waals surface area contributed by atoms with E-state index in [9.17, 15) is 0 Å². The minimum Gasteiger partial charge on any atom is -0.492 e. The first-order chi connectivity index (χ1) is 13.4. The lowest BCUT2D eigenvalue weighted by Gasteiger charge is -2.37. The van der Waals surface area contributed by atoms with Crippen LogP contribution >= 0.6 is 0 Å². The summed E-state index contributed by atoms with van der Waals surface area (Å²) in [6.45, 7) is 2.82. The number of ether oxygens (including phenoxy) is 3. The van der Waals surface area contributed by atoms with E-state index in [4.69, 9.17) is 14.2 Å². The summed E-state index contributed by atoms with van der Waals surface area (Å²) in [6.07, 6.45) is 4.92. The van der Waals surface area contributed by atoms with Crippen molar-refractivity contribution in [3.05, 3.63) is 84.2 Å². The van der Waals surface area contributed by atoms with Crippen LogP contribution < -0.4 is 4.74 Å². The Morgan fingerprint density at radius 3 is 2.41 bits per heavy atom. The lowest BCUT2D eigenvalue weighted by molar-refractivity contribution is -0.397. The summed E-state index contributed by atoms with van der Waals surface area (Å²) >= 11 is 0. The molecule has 1 fully saturated rings. The molecule has 3 aromatic rings. The summed E-state index contributed by atoms with van der Waals surface area (Å²) in [7, 11) is 0. The van der Waals surface area contributed by atoms with Crippen LogP contribution in [0.5, 0.6) is 5.75 Å². The Labute approximate surface area is 159 Å². The van der Waals surface area contributed by atoms with Gasteiger partial charge >= 0.3 is 0 Å². The van der Waals surface area contributed by atoms with Gasteiger partial charge < -0.3 is 14.2 Å². The number of hydrogen-bond donors (Lipinski definition) is 0. The Balaban J connectivity index is 1.60. The second kappa shape index (κ2) is 8.33. The Kier molecular flexibility index (Phi) is 5.47. The van der Waals surface area contributed by atoms with Crippen LogP contribution in [0, 0.1) is 0 Å². The normalized spacial score (nSPS) is 18.7. The van der Waals surface area contributed by atoms with Gasteiger partial charge in [-0.05, 0) is 24.1 Å². The molecular formula is C23H23NO3. The molecule has 1 aliphatic rings. The molecule has 2 aromatic carbocycles. The van der Waals surface area contributed by atoms with E-state index >= 15 is 0 Å². The van der Waals surface area contributed by atoms with E-state index in [2.05, 4.69) is 18.0 Å². The minimum atomic E-state index is -0.423. The number of benzene rings is 2. The van der Waals surface area contributed by atoms with Gasteiger partial charge in [0, 0.05) is 23.5 Å². The topological polar surface area (TPSA) is 40.6 Å². The Morgan fingerprint density at radius 1 is 0.889 bits per heavy atom. The molecule has 138 valence electrons. The third-order valence-corrected chi connectivity index (χ3v) is 4.60. The largest absolute Gasteiger partial charge is 0.492 e. The molecule has 0 unspecified atom stereocenters. The number of rotatable bonds is 7. The molecule has 1 saturated heterocycles. The zero-order valence-corrected chi connectivity index (χ0v) is 15.4. The third-order valence-electron chi connectivity index (χ3n) is 4.60. The van der Waals surface area contributed by atoms with Gasteiger partial charge in [-0.15, -0.1) is 0 Å². The maximum atomic E-state index is 6.18. The van der Waals surface area contributed by atoms with Crippen molar-refractivity contribution < 1.29 is 14.2 Å². The Morgan fingerprint density at radius 2 is 1.67 bits per heavy atom. The van der Waals surface area contributed by atoms with Crippen LogP contribution in [-0.4, -0.2) is 11.6 Å². The van der Waals surface area contributed by atoms with Gasteiger partial charge in [0.05, 0.1) is 12.2 Å². The highest BCUT2D eigenvalue weighted by Gasteiger charge is 2.35. The zero-order chi connectivity index (χ0) is 18.5. The van der Waals surface area contributed by atoms with Crippen molar-refractivity contribution in [2.45, 2.75) is 32.3 Å². The molecule has 4 nitrogen and oxygen atoms in total. The number of para-hydroxylation sites is 1. The number of nitrogens with zero attached hydrogens (tertiary/aromatic N) is 1. The fourth-order valence-electron chi connectivity index (χ4n) is 3.13. The second-order valence-electron chi connectivity index (χ2n) is 6.51. The first-order valence-electron chi connectivity index (χ1n) is 9.39. The molecule has 0 N–H and O–H groups in total. The van der Waals surface area contributed by atoms with E-state index in [0.29, 0.717) is 6.61 Å². The Bertz CT molecular complexity index is 861. The zero-order valence-electron chi connectivity index (χ0n) is 15.4. The summed E-state index contributed by atoms with van der Waals surface area (Å²) in [5.74, 6) is 0.827. The first-order valence-corrected chi connectivity index (χ1v) is 9.39. The quantitative estimate of drug-likeness (QED) is 0.508. The summed E-state index contributed by atoms with van der Waals surface area (Å²) in [5, 5.41) is 0. The highest BCUT2D eigenvalue weighted by Crippen LogP contribution is 2.46. The van der Waals surface area contributed by atoms with Crippen molar-refractivity contribution in [3.8, 4) is 16.9 Å². The maximum Gasteiger partial charge on any atom is 0.194 e. The molecule has 0 atom stereocenters. The molecule has 0 radical (unpaired) electrons. The number of unbranched alkanes of at least 4 members (excludes halogenated alkanes) is 1. The minimum absolute atomic E-state index is 0.329. The standard InChI is InChI=1S/C23H23NO3/c1-2-3-16-25-21-19(17-12-14-24-15-13-17)10-7-11-20(21)23-26-22(27-23)18-8-5-4-6-9-18/h4-15,22-23H,2-3,16H2,1H3. The van der Waals surface area contributed by atoms with Gasteiger partial charge in [-0.2, -0.15) is 0 Å². The average Bonchev–Trinajstić information content (AvgIpc) is 2.69. The summed E-state index contributed by atoms with van der Waals surface area (Å²) < 4.78 is 18.2. The average molecular weight is 361 g/mol. The van der Waals surface area contributed by atoms with Crippen LogP contribution in [0.2, 0.25) is 0 Å². The Hall–Kier alpha value is -2.69. The van der Waals surface area contributed by atoms with Gasteiger partial charge in [0.25, 0.3) is 0 Å². The number of pyridine rings is 1. The fraction of sp³-hybridized carbons (Fsp3) is 0.261. The van der Waals surface area contributed by atoms with Crippen LogP contribution in [0.4, 0.5) is 0 Å². The van der Waals surface area contributed by atoms with Gasteiger partial charge in [-0.3, -0.25) is 4.98 Å². The van der Waals surface area contributed by atoms with Crippen molar-refractivity contribution in [1.29, 1.82) is 0 Å². The monoisotopic (exact) mass is 361 g/mol. The van der Waals surface area contributed by atoms with Gasteiger partial charge in [-0.1, -0.05) is 61.9 Å². The van der Waals surface area contributed by atoms with Gasteiger partial charge in [0.2, 0.25) is 0 Å². The lowest BCUT2D eigenvalue weighted by atomic mass is 10.0.